The molecule has 4 nitrogen and oxygen atoms in total. The van der Waals surface area contributed by atoms with Gasteiger partial charge in [-0.15, -0.1) is 0 Å². The third-order valence-electron chi connectivity index (χ3n) is 2.54. The van der Waals surface area contributed by atoms with Crippen molar-refractivity contribution in [3.63, 3.8) is 0 Å². The first kappa shape index (κ1) is 19.2. The summed E-state index contributed by atoms with van der Waals surface area (Å²) in [7, 11) is -4.25. The van der Waals surface area contributed by atoms with Crippen molar-refractivity contribution in [3.8, 4) is 0 Å². The van der Waals surface area contributed by atoms with Crippen LogP contribution in [0.2, 0.25) is 0 Å². The van der Waals surface area contributed by atoms with E-state index in [0.717, 1.165) is 19.3 Å². The van der Waals surface area contributed by atoms with E-state index in [1.54, 1.807) is 6.92 Å². The predicted molar refractivity (Wildman–Crippen MR) is 58.5 cm³/mol. The molecule has 2 unspecified atom stereocenters. The zero-order chi connectivity index (χ0) is 11.9. The molecule has 0 aromatic rings. The van der Waals surface area contributed by atoms with Gasteiger partial charge in [0.2, 0.25) is 0 Å². The van der Waals surface area contributed by atoms with Crippen LogP contribution in [-0.2, 0) is 10.1 Å². The van der Waals surface area contributed by atoms with Gasteiger partial charge in [-0.2, -0.15) is 0 Å². The molecule has 16 heavy (non-hydrogen) atoms. The van der Waals surface area contributed by atoms with Gasteiger partial charge in [0.25, 0.3) is 0 Å². The summed E-state index contributed by atoms with van der Waals surface area (Å²) >= 11 is 0. The van der Waals surface area contributed by atoms with Crippen molar-refractivity contribution in [2.75, 3.05) is 0 Å². The molecule has 0 aromatic heterocycles. The minimum Gasteiger partial charge on any atom is -0.748 e. The molecule has 0 heterocycles. The summed E-state index contributed by atoms with van der Waals surface area (Å²) in [5.41, 5.74) is 0. The third kappa shape index (κ3) is 8.96. The molecule has 2 atom stereocenters. The molecule has 0 amide bonds. The Balaban J connectivity index is 0. The number of unbranched alkanes of at least 4 members (excludes halogenated alkanes) is 2. The van der Waals surface area contributed by atoms with E-state index >= 15 is 0 Å². The van der Waals surface area contributed by atoms with Gasteiger partial charge in [0.05, 0.1) is 21.5 Å². The predicted octanol–water partition coefficient (Wildman–Crippen LogP) is -1.35. The second-order valence-corrected chi connectivity index (χ2v) is 5.56. The maximum absolute atomic E-state index is 10.8. The van der Waals surface area contributed by atoms with Gasteiger partial charge in [-0.3, -0.25) is 0 Å². The summed E-state index contributed by atoms with van der Waals surface area (Å²) in [6.45, 7) is 3.71. The Labute approximate surface area is 121 Å². The molecular formula is C10H21NaO4S. The number of rotatable bonds is 8. The molecule has 0 bridgehead atoms. The molecule has 0 rings (SSSR count). The smallest absolute Gasteiger partial charge is 0.748 e. The van der Waals surface area contributed by atoms with Crippen LogP contribution in [0.25, 0.3) is 0 Å². The largest absolute Gasteiger partial charge is 1.00 e. The Kier molecular flexibility index (Phi) is 11.8. The van der Waals surface area contributed by atoms with E-state index in [-0.39, 0.29) is 42.4 Å². The Bertz CT molecular complexity index is 254. The summed E-state index contributed by atoms with van der Waals surface area (Å²) < 4.78 is 32.3. The minimum absolute atomic E-state index is 0. The van der Waals surface area contributed by atoms with Gasteiger partial charge in [0.1, 0.15) is 0 Å². The van der Waals surface area contributed by atoms with Crippen molar-refractivity contribution in [1.82, 2.24) is 0 Å². The Morgan fingerprint density at radius 3 is 2.19 bits per heavy atom. The molecule has 0 spiro atoms. The van der Waals surface area contributed by atoms with E-state index in [1.807, 2.05) is 0 Å². The van der Waals surface area contributed by atoms with E-state index in [2.05, 4.69) is 6.92 Å². The minimum atomic E-state index is -4.25. The molecule has 92 valence electrons. The fourth-order valence-electron chi connectivity index (χ4n) is 1.54. The number of aliphatic hydroxyl groups excluding tert-OH is 1. The van der Waals surface area contributed by atoms with Crippen LogP contribution in [-0.4, -0.2) is 29.4 Å². The molecule has 0 radical (unpaired) electrons. The van der Waals surface area contributed by atoms with Crippen molar-refractivity contribution in [2.45, 2.75) is 63.7 Å². The topological polar surface area (TPSA) is 77.4 Å². The Hall–Kier alpha value is 0.870. The summed E-state index contributed by atoms with van der Waals surface area (Å²) in [5.74, 6) is 0. The van der Waals surface area contributed by atoms with Crippen LogP contribution in [0.5, 0.6) is 0 Å². The molecule has 0 aliphatic carbocycles. The van der Waals surface area contributed by atoms with Crippen LogP contribution in [0, 0.1) is 0 Å². The fourth-order valence-corrected chi connectivity index (χ4v) is 2.41. The van der Waals surface area contributed by atoms with Gasteiger partial charge in [-0.05, 0) is 19.3 Å². The maximum Gasteiger partial charge on any atom is 1.00 e. The van der Waals surface area contributed by atoms with Crippen LogP contribution < -0.4 is 29.6 Å². The van der Waals surface area contributed by atoms with Gasteiger partial charge in [0, 0.05) is 0 Å². The van der Waals surface area contributed by atoms with Crippen molar-refractivity contribution >= 4 is 10.1 Å². The quantitative estimate of drug-likeness (QED) is 0.332. The second-order valence-electron chi connectivity index (χ2n) is 3.91. The Morgan fingerprint density at radius 2 is 1.81 bits per heavy atom. The molecule has 0 saturated heterocycles. The van der Waals surface area contributed by atoms with Crippen LogP contribution in [0.4, 0.5) is 0 Å². The molecule has 1 N–H and O–H groups in total. The van der Waals surface area contributed by atoms with Crippen LogP contribution in [0.3, 0.4) is 0 Å². The van der Waals surface area contributed by atoms with Crippen molar-refractivity contribution in [3.05, 3.63) is 0 Å². The van der Waals surface area contributed by atoms with Gasteiger partial charge in [0.15, 0.2) is 0 Å². The summed E-state index contributed by atoms with van der Waals surface area (Å²) in [6, 6.07) is 0. The second kappa shape index (κ2) is 9.85. The molecule has 0 fully saturated rings. The maximum atomic E-state index is 10.8. The van der Waals surface area contributed by atoms with Gasteiger partial charge < -0.3 is 9.66 Å². The van der Waals surface area contributed by atoms with E-state index in [4.69, 9.17) is 0 Å². The zero-order valence-electron chi connectivity index (χ0n) is 10.5. The van der Waals surface area contributed by atoms with Crippen molar-refractivity contribution < 1.29 is 47.6 Å². The van der Waals surface area contributed by atoms with Crippen LogP contribution in [0.15, 0.2) is 0 Å². The monoisotopic (exact) mass is 260 g/mol. The standard InChI is InChI=1S/C10H22O4S.Na/c1-3-5-6-7-9(11)8-10(4-2)15(12,13)14;/h9-11H,3-8H2,1-2H3,(H,12,13,14);/q;+1/p-1. The first-order valence-corrected chi connectivity index (χ1v) is 7.01. The summed E-state index contributed by atoms with van der Waals surface area (Å²) in [5, 5.41) is 8.60. The van der Waals surface area contributed by atoms with E-state index in [0.29, 0.717) is 6.42 Å². The molecule has 0 aliphatic rings. The Morgan fingerprint density at radius 1 is 1.25 bits per heavy atom. The molecular weight excluding hydrogens is 239 g/mol. The van der Waals surface area contributed by atoms with E-state index in [1.165, 1.54) is 0 Å². The van der Waals surface area contributed by atoms with Crippen molar-refractivity contribution in [1.29, 1.82) is 0 Å². The third-order valence-corrected chi connectivity index (χ3v) is 3.88. The average molecular weight is 260 g/mol. The molecule has 0 aromatic carbocycles. The molecule has 0 saturated carbocycles. The fraction of sp³-hybridized carbons (Fsp3) is 1.00. The van der Waals surface area contributed by atoms with Gasteiger partial charge in [-0.25, -0.2) is 8.42 Å². The summed E-state index contributed by atoms with van der Waals surface area (Å²) in [6.07, 6.45) is 3.24. The number of hydrogen-bond acceptors (Lipinski definition) is 4. The molecule has 6 heteroatoms. The van der Waals surface area contributed by atoms with E-state index < -0.39 is 21.5 Å². The van der Waals surface area contributed by atoms with Gasteiger partial charge >= 0.3 is 29.6 Å². The van der Waals surface area contributed by atoms with Crippen LogP contribution >= 0.6 is 0 Å². The first-order chi connectivity index (χ1) is 6.91. The van der Waals surface area contributed by atoms with Gasteiger partial charge in [-0.1, -0.05) is 33.1 Å². The number of hydrogen-bond donors (Lipinski definition) is 1. The van der Waals surface area contributed by atoms with Crippen LogP contribution in [0.1, 0.15) is 52.4 Å². The summed E-state index contributed by atoms with van der Waals surface area (Å²) in [4.78, 5) is 0. The SMILES string of the molecule is CCCCCC(O)CC(CC)S(=O)(=O)[O-].[Na+]. The van der Waals surface area contributed by atoms with Crippen molar-refractivity contribution in [2.24, 2.45) is 0 Å². The zero-order valence-corrected chi connectivity index (χ0v) is 13.3. The molecule has 0 aliphatic heterocycles. The van der Waals surface area contributed by atoms with E-state index in [9.17, 15) is 18.1 Å². The average Bonchev–Trinajstić information content (AvgIpc) is 2.12. The number of aliphatic hydroxyl groups is 1. The first-order valence-electron chi connectivity index (χ1n) is 5.54. The normalized spacial score (nSPS) is 15.2.